The highest BCUT2D eigenvalue weighted by Gasteiger charge is 2.37. The maximum atomic E-state index is 12.9. The average molecular weight is 366 g/mol. The Labute approximate surface area is 144 Å². The lowest BCUT2D eigenvalue weighted by molar-refractivity contribution is -0.120. The summed E-state index contributed by atoms with van der Waals surface area (Å²) in [4.78, 5) is 12.8. The molecule has 2 heterocycles. The van der Waals surface area contributed by atoms with E-state index < -0.39 is 16.1 Å². The van der Waals surface area contributed by atoms with Crippen LogP contribution in [0, 0.1) is 6.92 Å². The first-order valence-electron chi connectivity index (χ1n) is 7.66. The van der Waals surface area contributed by atoms with Gasteiger partial charge in [0.1, 0.15) is 11.0 Å². The summed E-state index contributed by atoms with van der Waals surface area (Å²) in [5.41, 5.74) is 0. The van der Waals surface area contributed by atoms with Crippen molar-refractivity contribution in [2.75, 3.05) is 11.9 Å². The van der Waals surface area contributed by atoms with E-state index in [2.05, 4.69) is 15.5 Å². The van der Waals surface area contributed by atoms with E-state index in [1.807, 2.05) is 0 Å². The summed E-state index contributed by atoms with van der Waals surface area (Å²) < 4.78 is 27.1. The van der Waals surface area contributed by atoms with Crippen LogP contribution in [0.2, 0.25) is 0 Å². The number of aromatic nitrogens is 2. The van der Waals surface area contributed by atoms with Crippen LogP contribution >= 0.6 is 11.3 Å². The summed E-state index contributed by atoms with van der Waals surface area (Å²) in [5.74, 6) is -0.356. The minimum Gasteiger partial charge on any atom is -0.299 e. The van der Waals surface area contributed by atoms with E-state index in [9.17, 15) is 13.2 Å². The number of hydrogen-bond acceptors (Lipinski definition) is 6. The fraction of sp³-hybridized carbons (Fsp3) is 0.400. The number of nitrogens with one attached hydrogen (secondary N) is 1. The number of carbonyl (C=O) groups excluding carboxylic acids is 1. The van der Waals surface area contributed by atoms with Crippen molar-refractivity contribution in [2.24, 2.45) is 0 Å². The number of aryl methyl sites for hydroxylation is 1. The van der Waals surface area contributed by atoms with Crippen LogP contribution in [0.3, 0.4) is 0 Å². The zero-order valence-corrected chi connectivity index (χ0v) is 14.8. The molecule has 0 aliphatic carbocycles. The van der Waals surface area contributed by atoms with Crippen LogP contribution in [0.1, 0.15) is 24.3 Å². The van der Waals surface area contributed by atoms with Gasteiger partial charge in [-0.3, -0.25) is 10.1 Å². The quantitative estimate of drug-likeness (QED) is 0.894. The van der Waals surface area contributed by atoms with E-state index in [0.717, 1.165) is 17.8 Å². The van der Waals surface area contributed by atoms with E-state index in [4.69, 9.17) is 0 Å². The van der Waals surface area contributed by atoms with Gasteiger partial charge in [-0.1, -0.05) is 36.0 Å². The van der Waals surface area contributed by atoms with E-state index in [1.54, 1.807) is 37.3 Å². The maximum absolute atomic E-state index is 12.9. The highest BCUT2D eigenvalue weighted by atomic mass is 32.2. The molecule has 9 heteroatoms. The third-order valence-electron chi connectivity index (χ3n) is 3.86. The average Bonchev–Trinajstić information content (AvgIpc) is 3.00. The van der Waals surface area contributed by atoms with Gasteiger partial charge < -0.3 is 0 Å². The molecule has 1 atom stereocenters. The van der Waals surface area contributed by atoms with Crippen molar-refractivity contribution in [3.8, 4) is 0 Å². The summed E-state index contributed by atoms with van der Waals surface area (Å²) in [7, 11) is -3.70. The molecule has 2 aromatic rings. The first-order chi connectivity index (χ1) is 11.5. The number of hydrogen-bond donors (Lipinski definition) is 1. The van der Waals surface area contributed by atoms with Crippen LogP contribution in [0.25, 0.3) is 0 Å². The van der Waals surface area contributed by atoms with Crippen molar-refractivity contribution >= 4 is 32.4 Å². The molecule has 1 fully saturated rings. The Morgan fingerprint density at radius 1 is 1.25 bits per heavy atom. The Morgan fingerprint density at radius 2 is 2.00 bits per heavy atom. The molecule has 3 rings (SSSR count). The maximum Gasteiger partial charge on any atom is 0.244 e. The number of amides is 1. The number of benzene rings is 1. The van der Waals surface area contributed by atoms with Gasteiger partial charge in [0.25, 0.3) is 0 Å². The highest BCUT2D eigenvalue weighted by molar-refractivity contribution is 7.89. The molecule has 1 aliphatic heterocycles. The van der Waals surface area contributed by atoms with Crippen LogP contribution in [0.15, 0.2) is 35.2 Å². The summed E-state index contributed by atoms with van der Waals surface area (Å²) >= 11 is 1.26. The highest BCUT2D eigenvalue weighted by Crippen LogP contribution is 2.26. The topological polar surface area (TPSA) is 92.3 Å². The van der Waals surface area contributed by atoms with Crippen molar-refractivity contribution in [3.63, 3.8) is 0 Å². The Balaban J connectivity index is 1.84. The van der Waals surface area contributed by atoms with Gasteiger partial charge in [0.15, 0.2) is 0 Å². The minimum atomic E-state index is -3.70. The predicted octanol–water partition coefficient (Wildman–Crippen LogP) is 2.03. The molecule has 1 amide bonds. The van der Waals surface area contributed by atoms with Gasteiger partial charge in [0.05, 0.1) is 4.90 Å². The molecule has 1 unspecified atom stereocenters. The molecule has 1 saturated heterocycles. The molecule has 0 spiro atoms. The van der Waals surface area contributed by atoms with Gasteiger partial charge in [-0.05, 0) is 31.9 Å². The number of rotatable bonds is 4. The summed E-state index contributed by atoms with van der Waals surface area (Å²) in [6.07, 6.45) is 2.05. The molecule has 24 heavy (non-hydrogen) atoms. The summed E-state index contributed by atoms with van der Waals surface area (Å²) in [6, 6.07) is 7.48. The number of piperidine rings is 1. The molecule has 1 aromatic carbocycles. The summed E-state index contributed by atoms with van der Waals surface area (Å²) in [5, 5.41) is 11.5. The lowest BCUT2D eigenvalue weighted by atomic mass is 10.0. The van der Waals surface area contributed by atoms with E-state index in [0.29, 0.717) is 18.1 Å². The van der Waals surface area contributed by atoms with Crippen molar-refractivity contribution in [2.45, 2.75) is 37.1 Å². The molecular formula is C15H18N4O3S2. The zero-order chi connectivity index (χ0) is 17.2. The first-order valence-corrected chi connectivity index (χ1v) is 9.92. The van der Waals surface area contributed by atoms with Gasteiger partial charge in [0, 0.05) is 6.54 Å². The Morgan fingerprint density at radius 3 is 2.67 bits per heavy atom. The lowest BCUT2D eigenvalue weighted by Crippen LogP contribution is -2.49. The second-order valence-corrected chi connectivity index (χ2v) is 8.63. The van der Waals surface area contributed by atoms with Gasteiger partial charge in [-0.15, -0.1) is 10.2 Å². The van der Waals surface area contributed by atoms with Crippen molar-refractivity contribution in [3.05, 3.63) is 35.3 Å². The molecule has 0 saturated carbocycles. The molecule has 7 nitrogen and oxygen atoms in total. The molecule has 1 N–H and O–H groups in total. The van der Waals surface area contributed by atoms with E-state index in [-0.39, 0.29) is 10.8 Å². The zero-order valence-electron chi connectivity index (χ0n) is 13.2. The minimum absolute atomic E-state index is 0.205. The second kappa shape index (κ2) is 6.96. The van der Waals surface area contributed by atoms with Gasteiger partial charge in [-0.25, -0.2) is 8.42 Å². The lowest BCUT2D eigenvalue weighted by Gasteiger charge is -2.33. The summed E-state index contributed by atoms with van der Waals surface area (Å²) in [6.45, 7) is 2.13. The fourth-order valence-corrected chi connectivity index (χ4v) is 4.99. The molecule has 0 radical (unpaired) electrons. The SMILES string of the molecule is Cc1nnc(NC(=O)C2CCCCN2S(=O)(=O)c2ccccc2)s1. The molecule has 1 aromatic heterocycles. The van der Waals surface area contributed by atoms with Crippen molar-refractivity contribution in [1.29, 1.82) is 0 Å². The standard InChI is InChI=1S/C15H18N4O3S2/c1-11-17-18-15(23-11)16-14(20)13-9-5-6-10-19(13)24(21,22)12-7-3-2-4-8-12/h2-4,7-8,13H,5-6,9-10H2,1H3,(H,16,18,20). The molecular weight excluding hydrogens is 348 g/mol. The Hall–Kier alpha value is -1.84. The van der Waals surface area contributed by atoms with Gasteiger partial charge >= 0.3 is 0 Å². The largest absolute Gasteiger partial charge is 0.299 e. The van der Waals surface area contributed by atoms with Crippen LogP contribution in [-0.4, -0.2) is 41.4 Å². The van der Waals surface area contributed by atoms with E-state index in [1.165, 1.54) is 15.6 Å². The normalized spacial score (nSPS) is 19.1. The third kappa shape index (κ3) is 3.47. The Bertz CT molecular complexity index is 820. The molecule has 128 valence electrons. The smallest absolute Gasteiger partial charge is 0.244 e. The van der Waals surface area contributed by atoms with Crippen LogP contribution in [0.5, 0.6) is 0 Å². The Kier molecular flexibility index (Phi) is 4.93. The van der Waals surface area contributed by atoms with Gasteiger partial charge in [0.2, 0.25) is 21.1 Å². The third-order valence-corrected chi connectivity index (χ3v) is 6.54. The first kappa shape index (κ1) is 17.0. The molecule has 1 aliphatic rings. The number of carbonyl (C=O) groups is 1. The monoisotopic (exact) mass is 366 g/mol. The van der Waals surface area contributed by atoms with Crippen molar-refractivity contribution < 1.29 is 13.2 Å². The van der Waals surface area contributed by atoms with Crippen LogP contribution < -0.4 is 5.32 Å². The van der Waals surface area contributed by atoms with Crippen molar-refractivity contribution in [1.82, 2.24) is 14.5 Å². The molecule has 0 bridgehead atoms. The second-order valence-electron chi connectivity index (χ2n) is 5.56. The fourth-order valence-electron chi connectivity index (χ4n) is 2.72. The number of sulfonamides is 1. The number of nitrogens with zero attached hydrogens (tertiary/aromatic N) is 3. The van der Waals surface area contributed by atoms with E-state index >= 15 is 0 Å². The van der Waals surface area contributed by atoms with Crippen LogP contribution in [0.4, 0.5) is 5.13 Å². The predicted molar refractivity (Wildman–Crippen MR) is 91.2 cm³/mol. The number of anilines is 1. The van der Waals surface area contributed by atoms with Gasteiger partial charge in [-0.2, -0.15) is 4.31 Å². The van der Waals surface area contributed by atoms with Crippen LogP contribution in [-0.2, 0) is 14.8 Å².